The Morgan fingerprint density at radius 3 is 3.05 bits per heavy atom. The van der Waals surface area contributed by atoms with Crippen LogP contribution in [0.5, 0.6) is 11.5 Å². The fourth-order valence-electron chi connectivity index (χ4n) is 1.81. The number of ether oxygens (including phenoxy) is 3. The number of halogens is 1. The van der Waals surface area contributed by atoms with Gasteiger partial charge in [-0.25, -0.2) is 0 Å². The molecule has 0 radical (unpaired) electrons. The lowest BCUT2D eigenvalue weighted by molar-refractivity contribution is -0.126. The van der Waals surface area contributed by atoms with E-state index in [2.05, 4.69) is 21.2 Å². The Kier molecular flexibility index (Phi) is 4.66. The fourth-order valence-corrected chi connectivity index (χ4v) is 2.42. The molecule has 0 spiro atoms. The van der Waals surface area contributed by atoms with Crippen molar-refractivity contribution < 1.29 is 19.0 Å². The first kappa shape index (κ1) is 14.1. The van der Waals surface area contributed by atoms with E-state index >= 15 is 0 Å². The topological polar surface area (TPSA) is 56.8 Å². The van der Waals surface area contributed by atoms with Gasteiger partial charge in [0.05, 0.1) is 17.0 Å². The molecule has 1 aliphatic rings. The van der Waals surface area contributed by atoms with Crippen LogP contribution in [0.3, 0.4) is 0 Å². The van der Waals surface area contributed by atoms with Crippen LogP contribution in [-0.4, -0.2) is 26.4 Å². The van der Waals surface area contributed by atoms with Crippen LogP contribution >= 0.6 is 15.9 Å². The highest BCUT2D eigenvalue weighted by atomic mass is 79.9. The number of carbonyl (C=O) groups excluding carboxylic acids is 1. The fraction of sp³-hybridized carbons (Fsp3) is 0.462. The second-order valence-corrected chi connectivity index (χ2v) is 5.24. The highest BCUT2D eigenvalue weighted by Crippen LogP contribution is 2.39. The summed E-state index contributed by atoms with van der Waals surface area (Å²) >= 11 is 3.42. The summed E-state index contributed by atoms with van der Waals surface area (Å²) in [6.07, 6.45) is 0. The van der Waals surface area contributed by atoms with Gasteiger partial charge in [-0.1, -0.05) is 6.92 Å². The molecule has 1 aromatic carbocycles. The van der Waals surface area contributed by atoms with Gasteiger partial charge in [-0.05, 0) is 33.6 Å². The lowest BCUT2D eigenvalue weighted by Gasteiger charge is -2.11. The first-order valence-electron chi connectivity index (χ1n) is 5.96. The molecule has 2 rings (SSSR count). The second kappa shape index (κ2) is 6.25. The zero-order chi connectivity index (χ0) is 13.8. The van der Waals surface area contributed by atoms with E-state index in [1.807, 2.05) is 19.1 Å². The Morgan fingerprint density at radius 2 is 2.32 bits per heavy atom. The van der Waals surface area contributed by atoms with E-state index in [9.17, 15) is 4.79 Å². The van der Waals surface area contributed by atoms with Crippen LogP contribution in [0.4, 0.5) is 0 Å². The number of hydrogen-bond donors (Lipinski definition) is 1. The SMILES string of the molecule is COC[C@H](C)C(=O)NCc1cc(Br)c2c(c1)OCO2. The number of methoxy groups -OCH3 is 1. The molecule has 19 heavy (non-hydrogen) atoms. The first-order chi connectivity index (χ1) is 9.11. The second-order valence-electron chi connectivity index (χ2n) is 4.39. The third kappa shape index (κ3) is 3.39. The van der Waals surface area contributed by atoms with Crippen LogP contribution < -0.4 is 14.8 Å². The van der Waals surface area contributed by atoms with E-state index in [-0.39, 0.29) is 18.6 Å². The molecule has 1 N–H and O–H groups in total. The summed E-state index contributed by atoms with van der Waals surface area (Å²) in [5, 5.41) is 2.87. The molecule has 1 amide bonds. The summed E-state index contributed by atoms with van der Waals surface area (Å²) in [5.74, 6) is 1.21. The Morgan fingerprint density at radius 1 is 1.53 bits per heavy atom. The summed E-state index contributed by atoms with van der Waals surface area (Å²) in [7, 11) is 1.58. The van der Waals surface area contributed by atoms with Gasteiger partial charge in [-0.3, -0.25) is 4.79 Å². The standard InChI is InChI=1S/C13H16BrNO4/c1-8(6-17-2)13(16)15-5-9-3-10(14)12-11(4-9)18-7-19-12/h3-4,8H,5-7H2,1-2H3,(H,15,16)/t8-/m0/s1. The molecule has 1 aromatic rings. The maximum absolute atomic E-state index is 11.8. The van der Waals surface area contributed by atoms with Crippen molar-refractivity contribution in [3.8, 4) is 11.5 Å². The largest absolute Gasteiger partial charge is 0.454 e. The maximum Gasteiger partial charge on any atom is 0.231 e. The highest BCUT2D eigenvalue weighted by Gasteiger charge is 2.18. The maximum atomic E-state index is 11.8. The Labute approximate surface area is 120 Å². The third-order valence-corrected chi connectivity index (χ3v) is 3.41. The van der Waals surface area contributed by atoms with Gasteiger partial charge in [0.2, 0.25) is 12.7 Å². The average molecular weight is 330 g/mol. The lowest BCUT2D eigenvalue weighted by Crippen LogP contribution is -2.30. The van der Waals surface area contributed by atoms with E-state index in [1.165, 1.54) is 0 Å². The summed E-state index contributed by atoms with van der Waals surface area (Å²) < 4.78 is 16.4. The molecule has 0 bridgehead atoms. The number of fused-ring (bicyclic) bond motifs is 1. The van der Waals surface area contributed by atoms with Crippen molar-refractivity contribution in [3.05, 3.63) is 22.2 Å². The van der Waals surface area contributed by atoms with E-state index in [1.54, 1.807) is 7.11 Å². The number of amides is 1. The van der Waals surface area contributed by atoms with Crippen molar-refractivity contribution in [1.29, 1.82) is 0 Å². The molecule has 5 nitrogen and oxygen atoms in total. The van der Waals surface area contributed by atoms with Gasteiger partial charge in [0.1, 0.15) is 0 Å². The normalized spacial score (nSPS) is 14.3. The molecule has 0 saturated carbocycles. The molecule has 6 heteroatoms. The monoisotopic (exact) mass is 329 g/mol. The van der Waals surface area contributed by atoms with Crippen molar-refractivity contribution in [2.24, 2.45) is 5.92 Å². The van der Waals surface area contributed by atoms with Crippen molar-refractivity contribution >= 4 is 21.8 Å². The molecule has 0 aromatic heterocycles. The van der Waals surface area contributed by atoms with Crippen molar-refractivity contribution in [2.75, 3.05) is 20.5 Å². The third-order valence-electron chi connectivity index (χ3n) is 2.82. The average Bonchev–Trinajstić information content (AvgIpc) is 2.85. The quantitative estimate of drug-likeness (QED) is 0.898. The molecule has 1 heterocycles. The Bertz CT molecular complexity index is 478. The van der Waals surface area contributed by atoms with Gasteiger partial charge in [0.25, 0.3) is 0 Å². The predicted octanol–water partition coefficient (Wildman–Crippen LogP) is 2.08. The molecule has 0 unspecified atom stereocenters. The predicted molar refractivity (Wildman–Crippen MR) is 73.2 cm³/mol. The van der Waals surface area contributed by atoms with E-state index < -0.39 is 0 Å². The molecule has 1 atom stereocenters. The molecular formula is C13H16BrNO4. The zero-order valence-corrected chi connectivity index (χ0v) is 12.5. The van der Waals surface area contributed by atoms with E-state index in [0.717, 1.165) is 10.0 Å². The number of rotatable bonds is 5. The highest BCUT2D eigenvalue weighted by molar-refractivity contribution is 9.10. The van der Waals surface area contributed by atoms with Crippen LogP contribution in [-0.2, 0) is 16.1 Å². The molecule has 0 saturated heterocycles. The molecule has 1 aliphatic heterocycles. The van der Waals surface area contributed by atoms with Crippen LogP contribution in [0, 0.1) is 5.92 Å². The summed E-state index contributed by atoms with van der Waals surface area (Å²) in [4.78, 5) is 11.8. The van der Waals surface area contributed by atoms with Gasteiger partial charge in [-0.15, -0.1) is 0 Å². The number of nitrogens with one attached hydrogen (secondary N) is 1. The van der Waals surface area contributed by atoms with Gasteiger partial charge < -0.3 is 19.5 Å². The van der Waals surface area contributed by atoms with Gasteiger partial charge in [0, 0.05) is 13.7 Å². The molecular weight excluding hydrogens is 314 g/mol. The summed E-state index contributed by atoms with van der Waals surface area (Å²) in [6, 6.07) is 3.78. The summed E-state index contributed by atoms with van der Waals surface area (Å²) in [6.45, 7) is 2.92. The zero-order valence-electron chi connectivity index (χ0n) is 10.9. The van der Waals surface area contributed by atoms with Crippen LogP contribution in [0.2, 0.25) is 0 Å². The minimum Gasteiger partial charge on any atom is -0.454 e. The Hall–Kier alpha value is -1.27. The van der Waals surface area contributed by atoms with Crippen molar-refractivity contribution in [2.45, 2.75) is 13.5 Å². The van der Waals surface area contributed by atoms with E-state index in [4.69, 9.17) is 14.2 Å². The smallest absolute Gasteiger partial charge is 0.231 e. The first-order valence-corrected chi connectivity index (χ1v) is 6.75. The Balaban J connectivity index is 1.97. The van der Waals surface area contributed by atoms with E-state index in [0.29, 0.717) is 24.7 Å². The molecule has 104 valence electrons. The van der Waals surface area contributed by atoms with Crippen LogP contribution in [0.15, 0.2) is 16.6 Å². The van der Waals surface area contributed by atoms with Gasteiger partial charge in [0.15, 0.2) is 11.5 Å². The van der Waals surface area contributed by atoms with Crippen LogP contribution in [0.1, 0.15) is 12.5 Å². The number of benzene rings is 1. The summed E-state index contributed by atoms with van der Waals surface area (Å²) in [5.41, 5.74) is 0.953. The molecule has 0 fully saturated rings. The van der Waals surface area contributed by atoms with Crippen molar-refractivity contribution in [1.82, 2.24) is 5.32 Å². The number of carbonyl (C=O) groups is 1. The molecule has 0 aliphatic carbocycles. The van der Waals surface area contributed by atoms with Crippen LogP contribution in [0.25, 0.3) is 0 Å². The van der Waals surface area contributed by atoms with Gasteiger partial charge in [-0.2, -0.15) is 0 Å². The number of hydrogen-bond acceptors (Lipinski definition) is 4. The lowest BCUT2D eigenvalue weighted by atomic mass is 10.1. The minimum absolute atomic E-state index is 0.0318. The minimum atomic E-state index is -0.164. The van der Waals surface area contributed by atoms with Gasteiger partial charge >= 0.3 is 0 Å². The van der Waals surface area contributed by atoms with Crippen molar-refractivity contribution in [3.63, 3.8) is 0 Å².